The fraction of sp³-hybridized carbons (Fsp3) is 0.0800. The van der Waals surface area contributed by atoms with Gasteiger partial charge in [0, 0.05) is 10.7 Å². The molecule has 1 heterocycles. The molecule has 3 aromatic carbocycles. The average molecular weight is 622 g/mol. The molecule has 0 aromatic heterocycles. The summed E-state index contributed by atoms with van der Waals surface area (Å²) >= 11 is 8.01. The average Bonchev–Trinajstić information content (AvgIpc) is 3.12. The normalized spacial score (nSPS) is 14.1. The summed E-state index contributed by atoms with van der Waals surface area (Å²) in [4.78, 5) is 38.6. The van der Waals surface area contributed by atoms with Gasteiger partial charge in [0.25, 0.3) is 11.8 Å². The first-order valence-corrected chi connectivity index (χ1v) is 11.9. The van der Waals surface area contributed by atoms with Gasteiger partial charge >= 0.3 is 6.03 Å². The molecule has 4 rings (SSSR count). The summed E-state index contributed by atoms with van der Waals surface area (Å²) in [6.45, 7) is -0.312. The molecule has 11 heteroatoms. The standard InChI is InChI=1S/C25H18ClFIN3O5/c1-35-21-11-14(10-20-24(33)31(25(34)30-20)18-4-2-3-15(26)12-18)9-19(28)23(21)36-13-22(32)29-17-7-5-16(27)6-8-17/h2-12H,13H2,1H3,(H,29,32)(H,30,34)/b20-10+. The number of urea groups is 1. The number of rotatable bonds is 7. The summed E-state index contributed by atoms with van der Waals surface area (Å²) in [5, 5.41) is 5.57. The highest BCUT2D eigenvalue weighted by molar-refractivity contribution is 14.1. The van der Waals surface area contributed by atoms with Crippen LogP contribution in [-0.4, -0.2) is 31.6 Å². The lowest BCUT2D eigenvalue weighted by Crippen LogP contribution is -2.30. The molecule has 4 amide bonds. The van der Waals surface area contributed by atoms with Gasteiger partial charge in [-0.2, -0.15) is 0 Å². The van der Waals surface area contributed by atoms with Crippen molar-refractivity contribution in [3.63, 3.8) is 0 Å². The molecule has 0 radical (unpaired) electrons. The predicted molar refractivity (Wildman–Crippen MR) is 142 cm³/mol. The van der Waals surface area contributed by atoms with E-state index in [4.69, 9.17) is 21.1 Å². The van der Waals surface area contributed by atoms with Gasteiger partial charge < -0.3 is 20.1 Å². The van der Waals surface area contributed by atoms with Crippen LogP contribution in [0.2, 0.25) is 5.02 Å². The lowest BCUT2D eigenvalue weighted by Gasteiger charge is -2.14. The van der Waals surface area contributed by atoms with Crippen LogP contribution in [0.1, 0.15) is 5.56 Å². The lowest BCUT2D eigenvalue weighted by atomic mass is 10.1. The van der Waals surface area contributed by atoms with Crippen molar-refractivity contribution in [1.29, 1.82) is 0 Å². The molecular formula is C25H18ClFIN3O5. The van der Waals surface area contributed by atoms with E-state index in [0.29, 0.717) is 37.0 Å². The second-order valence-electron chi connectivity index (χ2n) is 7.49. The van der Waals surface area contributed by atoms with E-state index >= 15 is 0 Å². The minimum atomic E-state index is -0.595. The van der Waals surface area contributed by atoms with Crippen molar-refractivity contribution < 1.29 is 28.2 Å². The number of carbonyl (C=O) groups excluding carboxylic acids is 3. The van der Waals surface area contributed by atoms with E-state index < -0.39 is 23.7 Å². The van der Waals surface area contributed by atoms with E-state index in [0.717, 1.165) is 4.90 Å². The Bertz CT molecular complexity index is 1380. The van der Waals surface area contributed by atoms with Crippen LogP contribution >= 0.6 is 34.2 Å². The van der Waals surface area contributed by atoms with E-state index in [1.165, 1.54) is 43.5 Å². The number of ether oxygens (including phenoxy) is 2. The molecule has 0 bridgehead atoms. The highest BCUT2D eigenvalue weighted by Gasteiger charge is 2.35. The number of hydrogen-bond donors (Lipinski definition) is 2. The maximum absolute atomic E-state index is 13.0. The van der Waals surface area contributed by atoms with E-state index in [1.54, 1.807) is 30.3 Å². The van der Waals surface area contributed by atoms with Gasteiger partial charge in [-0.05, 0) is 88.8 Å². The molecule has 36 heavy (non-hydrogen) atoms. The number of carbonyl (C=O) groups is 3. The van der Waals surface area contributed by atoms with Crippen LogP contribution in [0.3, 0.4) is 0 Å². The van der Waals surface area contributed by atoms with Gasteiger partial charge in [-0.1, -0.05) is 17.7 Å². The van der Waals surface area contributed by atoms with Crippen LogP contribution in [0.25, 0.3) is 6.08 Å². The number of nitrogens with zero attached hydrogens (tertiary/aromatic N) is 1. The smallest absolute Gasteiger partial charge is 0.333 e. The molecule has 184 valence electrons. The van der Waals surface area contributed by atoms with Crippen LogP contribution in [0.5, 0.6) is 11.5 Å². The van der Waals surface area contributed by atoms with Crippen LogP contribution in [-0.2, 0) is 9.59 Å². The summed E-state index contributed by atoms with van der Waals surface area (Å²) in [6, 6.07) is 14.5. The van der Waals surface area contributed by atoms with Crippen molar-refractivity contribution in [3.8, 4) is 11.5 Å². The number of imide groups is 1. The molecule has 0 atom stereocenters. The molecule has 1 saturated heterocycles. The van der Waals surface area contributed by atoms with Crippen molar-refractivity contribution >= 4 is 69.5 Å². The minimum Gasteiger partial charge on any atom is -0.493 e. The summed E-state index contributed by atoms with van der Waals surface area (Å²) in [5.74, 6) is -0.724. The Labute approximate surface area is 224 Å². The van der Waals surface area contributed by atoms with Crippen molar-refractivity contribution in [2.45, 2.75) is 0 Å². The summed E-state index contributed by atoms with van der Waals surface area (Å²) < 4.78 is 24.7. The van der Waals surface area contributed by atoms with Crippen molar-refractivity contribution in [2.75, 3.05) is 23.9 Å². The maximum Gasteiger partial charge on any atom is 0.333 e. The number of benzene rings is 3. The largest absolute Gasteiger partial charge is 0.493 e. The number of nitrogens with one attached hydrogen (secondary N) is 2. The zero-order chi connectivity index (χ0) is 25.8. The number of methoxy groups -OCH3 is 1. The summed E-state index contributed by atoms with van der Waals surface area (Å²) in [6.07, 6.45) is 1.51. The molecule has 0 saturated carbocycles. The third-order valence-electron chi connectivity index (χ3n) is 4.98. The number of hydrogen-bond acceptors (Lipinski definition) is 5. The third-order valence-corrected chi connectivity index (χ3v) is 6.02. The van der Waals surface area contributed by atoms with Crippen molar-refractivity contribution in [3.05, 3.63) is 86.3 Å². The molecule has 1 aliphatic rings. The Kier molecular flexibility index (Phi) is 7.75. The van der Waals surface area contributed by atoms with Crippen LogP contribution in [0, 0.1) is 9.39 Å². The van der Waals surface area contributed by atoms with Gasteiger partial charge in [-0.25, -0.2) is 14.1 Å². The van der Waals surface area contributed by atoms with Gasteiger partial charge in [-0.3, -0.25) is 9.59 Å². The van der Waals surface area contributed by atoms with Crippen LogP contribution in [0.15, 0.2) is 66.4 Å². The number of amides is 4. The molecule has 0 unspecified atom stereocenters. The van der Waals surface area contributed by atoms with E-state index in [-0.39, 0.29) is 12.3 Å². The number of halogens is 3. The quantitative estimate of drug-likeness (QED) is 0.215. The molecule has 8 nitrogen and oxygen atoms in total. The molecule has 0 spiro atoms. The Morgan fingerprint density at radius 2 is 1.92 bits per heavy atom. The van der Waals surface area contributed by atoms with Gasteiger partial charge in [0.2, 0.25) is 0 Å². The molecule has 0 aliphatic carbocycles. The SMILES string of the molecule is COc1cc(/C=C2/NC(=O)N(c3cccc(Cl)c3)C2=O)cc(I)c1OCC(=O)Nc1ccc(F)cc1. The molecule has 1 aliphatic heterocycles. The summed E-state index contributed by atoms with van der Waals surface area (Å²) in [5.41, 5.74) is 1.42. The zero-order valence-electron chi connectivity index (χ0n) is 18.7. The Morgan fingerprint density at radius 1 is 1.17 bits per heavy atom. The maximum atomic E-state index is 13.0. The van der Waals surface area contributed by atoms with Gasteiger partial charge in [-0.15, -0.1) is 0 Å². The van der Waals surface area contributed by atoms with E-state index in [2.05, 4.69) is 10.6 Å². The van der Waals surface area contributed by atoms with Crippen molar-refractivity contribution in [2.24, 2.45) is 0 Å². The molecule has 2 N–H and O–H groups in total. The van der Waals surface area contributed by atoms with Gasteiger partial charge in [0.1, 0.15) is 11.5 Å². The Balaban J connectivity index is 1.50. The number of anilines is 2. The third kappa shape index (κ3) is 5.77. The fourth-order valence-corrected chi connectivity index (χ4v) is 4.35. The molecular weight excluding hydrogens is 604 g/mol. The highest BCUT2D eigenvalue weighted by Crippen LogP contribution is 2.35. The highest BCUT2D eigenvalue weighted by atomic mass is 127. The monoisotopic (exact) mass is 621 g/mol. The van der Waals surface area contributed by atoms with Crippen LogP contribution < -0.4 is 25.0 Å². The first-order chi connectivity index (χ1) is 17.2. The fourth-order valence-electron chi connectivity index (χ4n) is 3.38. The first-order valence-electron chi connectivity index (χ1n) is 10.4. The Hall–Kier alpha value is -3.64. The van der Waals surface area contributed by atoms with Gasteiger partial charge in [0.05, 0.1) is 16.4 Å². The van der Waals surface area contributed by atoms with E-state index in [9.17, 15) is 18.8 Å². The molecule has 3 aromatic rings. The second-order valence-corrected chi connectivity index (χ2v) is 9.09. The predicted octanol–water partition coefficient (Wildman–Crippen LogP) is 5.21. The minimum absolute atomic E-state index is 0.0742. The lowest BCUT2D eigenvalue weighted by molar-refractivity contribution is -0.118. The first kappa shape index (κ1) is 25.5. The molecule has 1 fully saturated rings. The topological polar surface area (TPSA) is 97.0 Å². The second kappa shape index (κ2) is 11.0. The van der Waals surface area contributed by atoms with Crippen LogP contribution in [0.4, 0.5) is 20.6 Å². The Morgan fingerprint density at radius 3 is 2.61 bits per heavy atom. The zero-order valence-corrected chi connectivity index (χ0v) is 21.6. The summed E-state index contributed by atoms with van der Waals surface area (Å²) in [7, 11) is 1.44. The van der Waals surface area contributed by atoms with E-state index in [1.807, 2.05) is 22.6 Å². The van der Waals surface area contributed by atoms with Crippen molar-refractivity contribution in [1.82, 2.24) is 5.32 Å². The van der Waals surface area contributed by atoms with Gasteiger partial charge in [0.15, 0.2) is 18.1 Å².